The summed E-state index contributed by atoms with van der Waals surface area (Å²) in [6, 6.07) is 14.2. The lowest BCUT2D eigenvalue weighted by Gasteiger charge is -2.24. The average Bonchev–Trinajstić information content (AvgIpc) is 2.69. The second kappa shape index (κ2) is 12.0. The molecule has 0 aliphatic carbocycles. The molecular formula is C21H27ClF3NO3. The predicted molar refractivity (Wildman–Crippen MR) is 100 cm³/mol. The van der Waals surface area contributed by atoms with E-state index in [1.165, 1.54) is 6.07 Å². The van der Waals surface area contributed by atoms with Gasteiger partial charge in [0.15, 0.2) is 0 Å². The Hall–Kier alpha value is -1.80. The summed E-state index contributed by atoms with van der Waals surface area (Å²) in [4.78, 5) is 0. The Bertz CT molecular complexity index is 716. The molecule has 0 amide bonds. The first-order valence-electron chi connectivity index (χ1n) is 9.29. The zero-order valence-electron chi connectivity index (χ0n) is 16.4. The first kappa shape index (κ1) is 25.2. The third-order valence-corrected chi connectivity index (χ3v) is 4.33. The van der Waals surface area contributed by atoms with Crippen LogP contribution in [0, 0.1) is 0 Å². The van der Waals surface area contributed by atoms with E-state index in [4.69, 9.17) is 9.47 Å². The van der Waals surface area contributed by atoms with Gasteiger partial charge in [0.25, 0.3) is 0 Å². The van der Waals surface area contributed by atoms with Crippen molar-refractivity contribution in [3.63, 3.8) is 0 Å². The van der Waals surface area contributed by atoms with Gasteiger partial charge in [-0.05, 0) is 43.7 Å². The van der Waals surface area contributed by atoms with Crippen LogP contribution in [0.15, 0.2) is 54.6 Å². The molecule has 0 fully saturated rings. The van der Waals surface area contributed by atoms with Gasteiger partial charge in [-0.1, -0.05) is 30.3 Å². The van der Waals surface area contributed by atoms with E-state index in [9.17, 15) is 18.3 Å². The van der Waals surface area contributed by atoms with Crippen LogP contribution in [-0.2, 0) is 10.9 Å². The number of quaternary nitrogens is 1. The van der Waals surface area contributed by atoms with Crippen molar-refractivity contribution in [2.75, 3.05) is 19.8 Å². The quantitative estimate of drug-likeness (QED) is 0.562. The van der Waals surface area contributed by atoms with Crippen molar-refractivity contribution in [1.82, 2.24) is 0 Å². The van der Waals surface area contributed by atoms with E-state index in [0.29, 0.717) is 24.5 Å². The Kier molecular flexibility index (Phi) is 10.5. The average molecular weight is 434 g/mol. The molecule has 2 aromatic carbocycles. The molecule has 162 valence electrons. The van der Waals surface area contributed by atoms with Crippen LogP contribution in [-0.4, -0.2) is 37.0 Å². The number of para-hydroxylation sites is 1. The molecule has 8 heteroatoms. The topological polar surface area (TPSA) is 55.3 Å². The van der Waals surface area contributed by atoms with Crippen LogP contribution < -0.4 is 22.5 Å². The van der Waals surface area contributed by atoms with Crippen LogP contribution in [0.25, 0.3) is 0 Å². The Balaban J connectivity index is 0.00000420. The van der Waals surface area contributed by atoms with Crippen LogP contribution in [0.4, 0.5) is 13.2 Å². The van der Waals surface area contributed by atoms with Crippen LogP contribution in [0.3, 0.4) is 0 Å². The molecule has 0 aromatic heterocycles. The number of hydrogen-bond donors (Lipinski definition) is 2. The molecule has 0 spiro atoms. The van der Waals surface area contributed by atoms with Crippen molar-refractivity contribution in [1.29, 1.82) is 0 Å². The molecule has 4 nitrogen and oxygen atoms in total. The van der Waals surface area contributed by atoms with E-state index in [1.54, 1.807) is 25.1 Å². The van der Waals surface area contributed by atoms with Crippen molar-refractivity contribution in [3.8, 4) is 5.75 Å². The lowest BCUT2D eigenvalue weighted by Crippen LogP contribution is -3.00. The molecule has 3 unspecified atom stereocenters. The van der Waals surface area contributed by atoms with Crippen molar-refractivity contribution in [2.24, 2.45) is 0 Å². The number of alkyl halides is 3. The molecule has 0 saturated carbocycles. The van der Waals surface area contributed by atoms with Crippen LogP contribution in [0.2, 0.25) is 0 Å². The van der Waals surface area contributed by atoms with Crippen molar-refractivity contribution in [3.05, 3.63) is 65.7 Å². The zero-order chi connectivity index (χ0) is 20.6. The van der Waals surface area contributed by atoms with Gasteiger partial charge in [-0.2, -0.15) is 13.2 Å². The number of benzene rings is 2. The SMILES string of the molecule is CCOC(c1cccc(C(F)(F)F)c1)C(C)[NH2+]CC(O)COc1ccccc1.[Cl-]. The zero-order valence-corrected chi connectivity index (χ0v) is 17.2. The molecule has 3 N–H and O–H groups in total. The van der Waals surface area contributed by atoms with E-state index in [0.717, 1.165) is 12.1 Å². The summed E-state index contributed by atoms with van der Waals surface area (Å²) in [6.07, 6.45) is -5.63. The minimum atomic E-state index is -4.40. The molecule has 0 aliphatic rings. The van der Waals surface area contributed by atoms with Gasteiger partial charge in [0.1, 0.15) is 37.2 Å². The van der Waals surface area contributed by atoms with Gasteiger partial charge in [-0.15, -0.1) is 0 Å². The highest BCUT2D eigenvalue weighted by atomic mass is 35.5. The summed E-state index contributed by atoms with van der Waals surface area (Å²) in [7, 11) is 0. The first-order valence-corrected chi connectivity index (χ1v) is 9.29. The third-order valence-electron chi connectivity index (χ3n) is 4.33. The number of halogens is 4. The summed E-state index contributed by atoms with van der Waals surface area (Å²) in [6.45, 7) is 4.52. The molecule has 2 rings (SSSR count). The largest absolute Gasteiger partial charge is 1.00 e. The molecule has 0 aliphatic heterocycles. The fourth-order valence-corrected chi connectivity index (χ4v) is 2.90. The molecule has 0 saturated heterocycles. The molecule has 3 atom stereocenters. The van der Waals surface area contributed by atoms with Gasteiger partial charge in [0.05, 0.1) is 5.56 Å². The standard InChI is InChI=1S/C21H26F3NO3.ClH/c1-3-27-20(16-8-7-9-17(12-16)21(22,23)24)15(2)25-13-18(26)14-28-19-10-5-4-6-11-19;/h4-12,15,18,20,25-26H,3,13-14H2,1-2H3;1H. The number of aliphatic hydroxyl groups is 1. The highest BCUT2D eigenvalue weighted by molar-refractivity contribution is 5.27. The normalized spacial score (nSPS) is 14.6. The van der Waals surface area contributed by atoms with Gasteiger partial charge in [0, 0.05) is 6.61 Å². The number of rotatable bonds is 10. The Morgan fingerprint density at radius 2 is 1.76 bits per heavy atom. The molecular weight excluding hydrogens is 407 g/mol. The highest BCUT2D eigenvalue weighted by Crippen LogP contribution is 2.31. The van der Waals surface area contributed by atoms with E-state index in [-0.39, 0.29) is 25.1 Å². The second-order valence-electron chi connectivity index (χ2n) is 6.61. The van der Waals surface area contributed by atoms with E-state index >= 15 is 0 Å². The smallest absolute Gasteiger partial charge is 0.416 e. The Labute approximate surface area is 175 Å². The molecule has 2 aromatic rings. The molecule has 0 heterocycles. The maximum atomic E-state index is 13.0. The van der Waals surface area contributed by atoms with Gasteiger partial charge in [-0.25, -0.2) is 0 Å². The van der Waals surface area contributed by atoms with Gasteiger partial charge < -0.3 is 32.3 Å². The van der Waals surface area contributed by atoms with Crippen LogP contribution in [0.5, 0.6) is 5.75 Å². The van der Waals surface area contributed by atoms with E-state index in [1.807, 2.05) is 30.4 Å². The molecule has 29 heavy (non-hydrogen) atoms. The summed E-state index contributed by atoms with van der Waals surface area (Å²) in [5, 5.41) is 12.0. The Morgan fingerprint density at radius 1 is 1.07 bits per heavy atom. The fourth-order valence-electron chi connectivity index (χ4n) is 2.90. The van der Waals surface area contributed by atoms with E-state index in [2.05, 4.69) is 0 Å². The number of aliphatic hydroxyl groups excluding tert-OH is 1. The first-order chi connectivity index (χ1) is 13.3. The maximum absolute atomic E-state index is 13.0. The predicted octanol–water partition coefficient (Wildman–Crippen LogP) is 0.179. The summed E-state index contributed by atoms with van der Waals surface area (Å²) in [5.41, 5.74) is -0.228. The Morgan fingerprint density at radius 3 is 2.38 bits per heavy atom. The minimum Gasteiger partial charge on any atom is -1.00 e. The van der Waals surface area contributed by atoms with Crippen molar-refractivity contribution < 1.29 is 45.5 Å². The monoisotopic (exact) mass is 433 g/mol. The third kappa shape index (κ3) is 8.22. The maximum Gasteiger partial charge on any atom is 0.416 e. The van der Waals surface area contributed by atoms with Crippen LogP contribution in [0.1, 0.15) is 31.1 Å². The summed E-state index contributed by atoms with van der Waals surface area (Å²) < 4.78 is 50.2. The lowest BCUT2D eigenvalue weighted by atomic mass is 10.0. The van der Waals surface area contributed by atoms with Crippen molar-refractivity contribution in [2.45, 2.75) is 38.3 Å². The number of nitrogens with two attached hydrogens (primary N) is 1. The molecule has 0 radical (unpaired) electrons. The lowest BCUT2D eigenvalue weighted by molar-refractivity contribution is -0.700. The number of ether oxygens (including phenoxy) is 2. The van der Waals surface area contributed by atoms with E-state index < -0.39 is 23.9 Å². The van der Waals surface area contributed by atoms with Gasteiger partial charge in [-0.3, -0.25) is 0 Å². The van der Waals surface area contributed by atoms with Crippen LogP contribution >= 0.6 is 0 Å². The summed E-state index contributed by atoms with van der Waals surface area (Å²) >= 11 is 0. The second-order valence-corrected chi connectivity index (χ2v) is 6.61. The van der Waals surface area contributed by atoms with Crippen molar-refractivity contribution >= 4 is 0 Å². The summed E-state index contributed by atoms with van der Waals surface area (Å²) in [5.74, 6) is 0.672. The number of hydrogen-bond acceptors (Lipinski definition) is 3. The minimum absolute atomic E-state index is 0. The van der Waals surface area contributed by atoms with Gasteiger partial charge >= 0.3 is 6.18 Å². The molecule has 0 bridgehead atoms. The van der Waals surface area contributed by atoms with Gasteiger partial charge in [0.2, 0.25) is 0 Å². The highest BCUT2D eigenvalue weighted by Gasteiger charge is 2.32. The fraction of sp³-hybridized carbons (Fsp3) is 0.429.